The minimum absolute atomic E-state index is 0.273. The van der Waals surface area contributed by atoms with Gasteiger partial charge in [0.15, 0.2) is 11.1 Å². The van der Waals surface area contributed by atoms with Crippen molar-refractivity contribution < 1.29 is 23.4 Å². The summed E-state index contributed by atoms with van der Waals surface area (Å²) in [7, 11) is -1.64. The molecule has 2 saturated heterocycles. The van der Waals surface area contributed by atoms with Crippen LogP contribution in [-0.4, -0.2) is 76.6 Å². The lowest BCUT2D eigenvalue weighted by molar-refractivity contribution is -0.0928. The van der Waals surface area contributed by atoms with E-state index in [2.05, 4.69) is 25.2 Å². The molecule has 0 saturated carbocycles. The quantitative estimate of drug-likeness (QED) is 0.379. The summed E-state index contributed by atoms with van der Waals surface area (Å²) in [6.07, 6.45) is 2.98. The maximum atomic E-state index is 13.3. The number of alkyl halides is 1. The number of aliphatic hydroxyl groups is 1. The number of anilines is 2. The van der Waals surface area contributed by atoms with Gasteiger partial charge in [0.2, 0.25) is 20.3 Å². The largest absolute Gasteiger partial charge is 0.434 e. The topological polar surface area (TPSA) is 127 Å². The molecule has 4 aromatic heterocycles. The molecule has 2 N–H and O–H groups in total. The summed E-state index contributed by atoms with van der Waals surface area (Å²) in [5.41, 5.74) is 1.13. The number of hydrogen-bond donors (Lipinski definition) is 2. The van der Waals surface area contributed by atoms with Gasteiger partial charge in [0.25, 0.3) is 0 Å². The van der Waals surface area contributed by atoms with Gasteiger partial charge in [-0.3, -0.25) is 14.2 Å². The maximum Gasteiger partial charge on any atom is 0.231 e. The van der Waals surface area contributed by atoms with E-state index in [1.165, 1.54) is 0 Å². The van der Waals surface area contributed by atoms with E-state index in [1.807, 2.05) is 19.1 Å². The van der Waals surface area contributed by atoms with Crippen LogP contribution in [0.25, 0.3) is 33.5 Å². The summed E-state index contributed by atoms with van der Waals surface area (Å²) < 4.78 is 25.1. The Morgan fingerprint density at radius 3 is 2.81 bits per heavy atom. The van der Waals surface area contributed by atoms with Gasteiger partial charge in [-0.15, -0.1) is 0 Å². The summed E-state index contributed by atoms with van der Waals surface area (Å²) in [5, 5.41) is 14.7. The molecule has 0 bridgehead atoms. The number of hydrogen-bond acceptors (Lipinski definition) is 9. The zero-order valence-corrected chi connectivity index (χ0v) is 21.7. The number of aromatic nitrogens is 4. The Balaban J connectivity index is 1.34. The van der Waals surface area contributed by atoms with Gasteiger partial charge in [-0.25, -0.2) is 9.97 Å². The van der Waals surface area contributed by atoms with E-state index in [-0.39, 0.29) is 11.6 Å². The second-order valence-corrected chi connectivity index (χ2v) is 12.5. The molecule has 37 heavy (non-hydrogen) atoms. The Labute approximate surface area is 213 Å². The van der Waals surface area contributed by atoms with E-state index >= 15 is 0 Å². The molecule has 1 radical (unpaired) electrons. The number of morpholine rings is 1. The lowest BCUT2D eigenvalue weighted by atomic mass is 10.0. The van der Waals surface area contributed by atoms with Crippen molar-refractivity contribution in [3.05, 3.63) is 36.3 Å². The fourth-order valence-corrected chi connectivity index (χ4v) is 5.79. The van der Waals surface area contributed by atoms with E-state index in [1.54, 1.807) is 32.3 Å². The van der Waals surface area contributed by atoms with Crippen LogP contribution in [0.1, 0.15) is 19.5 Å². The molecular formula is C25H26FN6O4Si. The first kappa shape index (κ1) is 23.9. The number of amides is 1. The number of halogens is 1. The summed E-state index contributed by atoms with van der Waals surface area (Å²) >= 11 is 0. The fraction of sp³-hybridized carbons (Fsp3) is 0.400. The average Bonchev–Trinajstić information content (AvgIpc) is 3.46. The van der Waals surface area contributed by atoms with Crippen LogP contribution in [0.2, 0.25) is 6.04 Å². The summed E-state index contributed by atoms with van der Waals surface area (Å²) in [5.74, 6) is 0.435. The third-order valence-corrected chi connectivity index (χ3v) is 8.71. The van der Waals surface area contributed by atoms with E-state index in [9.17, 15) is 14.3 Å². The van der Waals surface area contributed by atoms with Gasteiger partial charge in [-0.05, 0) is 45.0 Å². The molecule has 0 aliphatic carbocycles. The van der Waals surface area contributed by atoms with Crippen molar-refractivity contribution in [2.24, 2.45) is 0 Å². The highest BCUT2D eigenvalue weighted by molar-refractivity contribution is 6.99. The zero-order valence-electron chi connectivity index (χ0n) is 20.7. The third kappa shape index (κ3) is 4.56. The van der Waals surface area contributed by atoms with Crippen molar-refractivity contribution in [1.82, 2.24) is 19.9 Å². The van der Waals surface area contributed by atoms with Crippen LogP contribution >= 0.6 is 0 Å². The Kier molecular flexibility index (Phi) is 5.69. The molecule has 2 aliphatic rings. The number of ether oxygens (including phenoxy) is 1. The molecule has 2 fully saturated rings. The van der Waals surface area contributed by atoms with E-state index in [0.29, 0.717) is 54.2 Å². The molecular weight excluding hydrogens is 495 g/mol. The Hall–Kier alpha value is -3.48. The second-order valence-electron chi connectivity index (χ2n) is 9.99. The molecule has 2 aliphatic heterocycles. The van der Waals surface area contributed by atoms with Crippen molar-refractivity contribution in [3.63, 3.8) is 0 Å². The first-order valence-corrected chi connectivity index (χ1v) is 13.9. The number of aryl methyl sites for hydroxylation is 1. The standard InChI is InChI=1S/C25H26FN6O4Si/c1-13-15-9-28-20(29-24(33)37-12-19(37)26)8-14(15)16(10-27-13)23-31-22-17(36-23)4-5-21(30-22)32-6-7-35-18(11-32)25(2,3)34/h4-5,8-10,18-19,34H,6-7,11-12H2,1-3H3,(H,28,29,33)/t18-,19+/m0/s1. The number of carbonyl (C=O) groups is 1. The zero-order chi connectivity index (χ0) is 25.9. The van der Waals surface area contributed by atoms with Crippen molar-refractivity contribution in [3.8, 4) is 11.5 Å². The van der Waals surface area contributed by atoms with Crippen LogP contribution in [-0.2, 0) is 4.74 Å². The molecule has 0 aromatic carbocycles. The molecule has 2 atom stereocenters. The molecule has 12 heteroatoms. The van der Waals surface area contributed by atoms with Crippen molar-refractivity contribution in [1.29, 1.82) is 0 Å². The highest BCUT2D eigenvalue weighted by Gasteiger charge is 2.47. The molecule has 191 valence electrons. The number of nitrogens with zero attached hydrogens (tertiary/aromatic N) is 5. The van der Waals surface area contributed by atoms with Crippen LogP contribution in [0, 0.1) is 6.92 Å². The fourth-order valence-electron chi connectivity index (χ4n) is 4.46. The second kappa shape index (κ2) is 8.82. The summed E-state index contributed by atoms with van der Waals surface area (Å²) in [6, 6.07) is 5.78. The van der Waals surface area contributed by atoms with Crippen molar-refractivity contribution in [2.45, 2.75) is 44.3 Å². The van der Waals surface area contributed by atoms with Crippen LogP contribution in [0.4, 0.5) is 20.8 Å². The van der Waals surface area contributed by atoms with Gasteiger partial charge in [0, 0.05) is 41.9 Å². The molecule has 6 rings (SSSR count). The van der Waals surface area contributed by atoms with Gasteiger partial charge in [0.05, 0.1) is 23.6 Å². The van der Waals surface area contributed by atoms with Crippen LogP contribution in [0.3, 0.4) is 0 Å². The Morgan fingerprint density at radius 2 is 2.05 bits per heavy atom. The number of pyridine rings is 3. The van der Waals surface area contributed by atoms with Gasteiger partial charge >= 0.3 is 0 Å². The number of fused-ring (bicyclic) bond motifs is 2. The van der Waals surface area contributed by atoms with Gasteiger partial charge in [0.1, 0.15) is 17.7 Å². The molecule has 0 unspecified atom stereocenters. The van der Waals surface area contributed by atoms with E-state index in [4.69, 9.17) is 14.1 Å². The van der Waals surface area contributed by atoms with Gasteiger partial charge in [-0.1, -0.05) is 0 Å². The highest BCUT2D eigenvalue weighted by Crippen LogP contribution is 2.33. The average molecular weight is 522 g/mol. The minimum atomic E-state index is -1.64. The smallest absolute Gasteiger partial charge is 0.231 e. The van der Waals surface area contributed by atoms with Crippen LogP contribution in [0.15, 0.2) is 35.0 Å². The van der Waals surface area contributed by atoms with E-state index < -0.39 is 20.2 Å². The van der Waals surface area contributed by atoms with Gasteiger partial charge < -0.3 is 24.5 Å². The summed E-state index contributed by atoms with van der Waals surface area (Å²) in [6.45, 7) is 6.99. The number of oxazole rings is 1. The first-order valence-electron chi connectivity index (χ1n) is 12.1. The summed E-state index contributed by atoms with van der Waals surface area (Å²) in [4.78, 5) is 32.5. The number of nitrogens with one attached hydrogen (secondary N) is 1. The van der Waals surface area contributed by atoms with Crippen molar-refractivity contribution in [2.75, 3.05) is 29.9 Å². The number of rotatable bonds is 5. The molecule has 0 spiro atoms. The number of carbonyl (C=O) groups excluding carboxylic acids is 1. The Bertz CT molecular complexity index is 1520. The predicted octanol–water partition coefficient (Wildman–Crippen LogP) is 3.62. The minimum Gasteiger partial charge on any atom is -0.434 e. The molecule has 10 nitrogen and oxygen atoms in total. The van der Waals surface area contributed by atoms with Crippen LogP contribution in [0.5, 0.6) is 0 Å². The van der Waals surface area contributed by atoms with Crippen molar-refractivity contribution >= 4 is 48.0 Å². The van der Waals surface area contributed by atoms with E-state index in [0.717, 1.165) is 22.3 Å². The molecule has 1 amide bonds. The Morgan fingerprint density at radius 1 is 1.24 bits per heavy atom. The third-order valence-electron chi connectivity index (χ3n) is 6.77. The van der Waals surface area contributed by atoms with Gasteiger partial charge in [-0.2, -0.15) is 4.98 Å². The first-order chi connectivity index (χ1) is 17.7. The lowest BCUT2D eigenvalue weighted by Crippen LogP contribution is -2.52. The lowest BCUT2D eigenvalue weighted by Gasteiger charge is -2.39. The molecule has 4 aromatic rings. The monoisotopic (exact) mass is 521 g/mol. The normalized spacial score (nSPS) is 20.5. The SMILES string of the molecule is Cc1ncc(-c2nc3nc(N4CCO[C@H](C(C)(C)O)C4)ccc3o2)c2cc(NC(=O)[Si]3C[C@@H]3F)ncc12. The highest BCUT2D eigenvalue weighted by atomic mass is 28.3. The molecule has 6 heterocycles. The predicted molar refractivity (Wildman–Crippen MR) is 138 cm³/mol. The van der Waals surface area contributed by atoms with Crippen LogP contribution < -0.4 is 10.2 Å². The maximum absolute atomic E-state index is 13.3.